The largest absolute Gasteiger partial charge is 0.468 e. The molecule has 0 saturated heterocycles. The van der Waals surface area contributed by atoms with Gasteiger partial charge in [-0.15, -0.1) is 0 Å². The van der Waals surface area contributed by atoms with E-state index < -0.39 is 0 Å². The van der Waals surface area contributed by atoms with Gasteiger partial charge in [0.2, 0.25) is 0 Å². The zero-order valence-electron chi connectivity index (χ0n) is 12.0. The van der Waals surface area contributed by atoms with E-state index in [0.29, 0.717) is 6.04 Å². The molecule has 1 heterocycles. The van der Waals surface area contributed by atoms with Gasteiger partial charge in [-0.2, -0.15) is 11.8 Å². The maximum atomic E-state index is 5.55. The Bertz CT molecular complexity index is 325. The third kappa shape index (κ3) is 5.94. The van der Waals surface area contributed by atoms with Crippen LogP contribution in [0, 0.1) is 0 Å². The molecular weight excluding hydrogens is 244 g/mol. The molecule has 0 fully saturated rings. The summed E-state index contributed by atoms with van der Waals surface area (Å²) in [7, 11) is 2.17. The summed E-state index contributed by atoms with van der Waals surface area (Å²) in [5.41, 5.74) is 1.30. The van der Waals surface area contributed by atoms with Crippen LogP contribution in [0.5, 0.6) is 0 Å². The zero-order chi connectivity index (χ0) is 13.4. The van der Waals surface area contributed by atoms with Crippen LogP contribution in [0.15, 0.2) is 16.7 Å². The summed E-state index contributed by atoms with van der Waals surface area (Å²) in [6, 6.07) is 2.57. The number of furan rings is 1. The Morgan fingerprint density at radius 1 is 1.44 bits per heavy atom. The maximum absolute atomic E-state index is 5.55. The predicted octanol–water partition coefficient (Wildman–Crippen LogP) is 2.96. The van der Waals surface area contributed by atoms with Crippen molar-refractivity contribution in [2.75, 3.05) is 25.6 Å². The monoisotopic (exact) mass is 270 g/mol. The molecule has 1 aromatic rings. The molecule has 1 rings (SSSR count). The second-order valence-corrected chi connectivity index (χ2v) is 5.97. The van der Waals surface area contributed by atoms with Crippen molar-refractivity contribution in [2.45, 2.75) is 39.4 Å². The highest BCUT2D eigenvalue weighted by Gasteiger charge is 2.09. The smallest absolute Gasteiger partial charge is 0.122 e. The Morgan fingerprint density at radius 2 is 2.22 bits per heavy atom. The van der Waals surface area contributed by atoms with Crippen LogP contribution < -0.4 is 5.32 Å². The first-order valence-electron chi connectivity index (χ1n) is 6.59. The van der Waals surface area contributed by atoms with Gasteiger partial charge in [0.25, 0.3) is 0 Å². The first kappa shape index (κ1) is 15.6. The maximum Gasteiger partial charge on any atom is 0.122 e. The van der Waals surface area contributed by atoms with Crippen molar-refractivity contribution in [2.24, 2.45) is 0 Å². The molecule has 3 nitrogen and oxygen atoms in total. The average Bonchev–Trinajstić information content (AvgIpc) is 2.74. The van der Waals surface area contributed by atoms with Crippen molar-refractivity contribution in [1.82, 2.24) is 10.2 Å². The number of rotatable bonds is 9. The number of hydrogen-bond donors (Lipinski definition) is 1. The van der Waals surface area contributed by atoms with Crippen LogP contribution in [-0.4, -0.2) is 36.5 Å². The minimum Gasteiger partial charge on any atom is -0.468 e. The standard InChI is InChI=1S/C14H26N2OS/c1-12(2)15-10-14-13(6-8-17-14)11-16(3)7-5-9-18-4/h6,8,12,15H,5,7,9-11H2,1-4H3. The summed E-state index contributed by atoms with van der Waals surface area (Å²) in [4.78, 5) is 2.36. The number of nitrogens with zero attached hydrogens (tertiary/aromatic N) is 1. The van der Waals surface area contributed by atoms with Gasteiger partial charge in [0.1, 0.15) is 5.76 Å². The summed E-state index contributed by atoms with van der Waals surface area (Å²) < 4.78 is 5.55. The van der Waals surface area contributed by atoms with Gasteiger partial charge in [-0.05, 0) is 38.1 Å². The lowest BCUT2D eigenvalue weighted by Gasteiger charge is -2.16. The van der Waals surface area contributed by atoms with Crippen molar-refractivity contribution in [3.8, 4) is 0 Å². The molecule has 0 aromatic carbocycles. The second kappa shape index (κ2) is 8.62. The van der Waals surface area contributed by atoms with Crippen LogP contribution in [0.25, 0.3) is 0 Å². The highest BCUT2D eigenvalue weighted by molar-refractivity contribution is 7.98. The van der Waals surface area contributed by atoms with E-state index in [1.165, 1.54) is 17.7 Å². The average molecular weight is 270 g/mol. The van der Waals surface area contributed by atoms with E-state index in [1.54, 1.807) is 6.26 Å². The Balaban J connectivity index is 2.38. The van der Waals surface area contributed by atoms with Crippen molar-refractivity contribution in [3.05, 3.63) is 23.7 Å². The molecule has 0 atom stereocenters. The van der Waals surface area contributed by atoms with Crippen molar-refractivity contribution < 1.29 is 4.42 Å². The summed E-state index contributed by atoms with van der Waals surface area (Å²) in [6.07, 6.45) is 5.20. The van der Waals surface area contributed by atoms with Gasteiger partial charge >= 0.3 is 0 Å². The number of nitrogens with one attached hydrogen (secondary N) is 1. The van der Waals surface area contributed by atoms with Crippen molar-refractivity contribution >= 4 is 11.8 Å². The van der Waals surface area contributed by atoms with Crippen LogP contribution in [0.3, 0.4) is 0 Å². The van der Waals surface area contributed by atoms with Crippen LogP contribution in [0.1, 0.15) is 31.6 Å². The van der Waals surface area contributed by atoms with Gasteiger partial charge in [0.05, 0.1) is 12.8 Å². The van der Waals surface area contributed by atoms with E-state index in [2.05, 4.69) is 43.4 Å². The Labute approximate surface area is 115 Å². The van der Waals surface area contributed by atoms with E-state index in [0.717, 1.165) is 25.4 Å². The summed E-state index contributed by atoms with van der Waals surface area (Å²) in [5, 5.41) is 3.40. The van der Waals surface area contributed by atoms with E-state index in [9.17, 15) is 0 Å². The van der Waals surface area contributed by atoms with Gasteiger partial charge in [-0.1, -0.05) is 13.8 Å². The molecule has 0 spiro atoms. The van der Waals surface area contributed by atoms with Gasteiger partial charge in [-0.3, -0.25) is 0 Å². The fraction of sp³-hybridized carbons (Fsp3) is 0.714. The normalized spacial score (nSPS) is 11.7. The molecule has 1 aromatic heterocycles. The van der Waals surface area contributed by atoms with Gasteiger partial charge in [0, 0.05) is 18.2 Å². The van der Waals surface area contributed by atoms with Crippen molar-refractivity contribution in [1.29, 1.82) is 0 Å². The molecule has 0 amide bonds. The topological polar surface area (TPSA) is 28.4 Å². The Morgan fingerprint density at radius 3 is 2.89 bits per heavy atom. The van der Waals surface area contributed by atoms with Gasteiger partial charge in [-0.25, -0.2) is 0 Å². The minimum atomic E-state index is 0.488. The van der Waals surface area contributed by atoms with Crippen molar-refractivity contribution in [3.63, 3.8) is 0 Å². The third-order valence-corrected chi connectivity index (χ3v) is 3.53. The van der Waals surface area contributed by atoms with E-state index >= 15 is 0 Å². The predicted molar refractivity (Wildman–Crippen MR) is 80.0 cm³/mol. The Kier molecular flexibility index (Phi) is 7.47. The van der Waals surface area contributed by atoms with Crippen LogP contribution in [-0.2, 0) is 13.1 Å². The number of hydrogen-bond acceptors (Lipinski definition) is 4. The summed E-state index contributed by atoms with van der Waals surface area (Å²) in [6.45, 7) is 7.23. The lowest BCUT2D eigenvalue weighted by Crippen LogP contribution is -2.24. The van der Waals surface area contributed by atoms with Crippen LogP contribution >= 0.6 is 11.8 Å². The lowest BCUT2D eigenvalue weighted by molar-refractivity contribution is 0.323. The van der Waals surface area contributed by atoms with Crippen LogP contribution in [0.4, 0.5) is 0 Å². The first-order chi connectivity index (χ1) is 8.63. The molecule has 0 unspecified atom stereocenters. The lowest BCUT2D eigenvalue weighted by atomic mass is 10.2. The molecule has 18 heavy (non-hydrogen) atoms. The third-order valence-electron chi connectivity index (χ3n) is 2.84. The summed E-state index contributed by atoms with van der Waals surface area (Å²) in [5.74, 6) is 2.30. The molecule has 1 N–H and O–H groups in total. The molecule has 104 valence electrons. The molecule has 0 radical (unpaired) electrons. The number of thioether (sulfide) groups is 1. The Hall–Kier alpha value is -0.450. The first-order valence-corrected chi connectivity index (χ1v) is 7.99. The highest BCUT2D eigenvalue weighted by Crippen LogP contribution is 2.13. The molecular formula is C14H26N2OS. The van der Waals surface area contributed by atoms with E-state index in [1.807, 2.05) is 11.8 Å². The van der Waals surface area contributed by atoms with E-state index in [4.69, 9.17) is 4.42 Å². The highest BCUT2D eigenvalue weighted by atomic mass is 32.2. The van der Waals surface area contributed by atoms with Crippen LogP contribution in [0.2, 0.25) is 0 Å². The minimum absolute atomic E-state index is 0.488. The van der Waals surface area contributed by atoms with Gasteiger partial charge in [0.15, 0.2) is 0 Å². The fourth-order valence-corrected chi connectivity index (χ4v) is 2.23. The zero-order valence-corrected chi connectivity index (χ0v) is 12.8. The summed E-state index contributed by atoms with van der Waals surface area (Å²) >= 11 is 1.91. The molecule has 0 saturated carbocycles. The van der Waals surface area contributed by atoms with Gasteiger partial charge < -0.3 is 14.6 Å². The molecule has 4 heteroatoms. The molecule has 0 aliphatic carbocycles. The SMILES string of the molecule is CSCCCN(C)Cc1ccoc1CNC(C)C. The molecule has 0 bridgehead atoms. The van der Waals surface area contributed by atoms with E-state index in [-0.39, 0.29) is 0 Å². The molecule has 0 aliphatic heterocycles. The second-order valence-electron chi connectivity index (χ2n) is 4.99. The fourth-order valence-electron chi connectivity index (χ4n) is 1.81. The quantitative estimate of drug-likeness (QED) is 0.698. The molecule has 0 aliphatic rings.